The maximum Gasteiger partial charge on any atom is 0.321 e. The molecule has 0 bridgehead atoms. The van der Waals surface area contributed by atoms with Crippen molar-refractivity contribution in [1.82, 2.24) is 20.2 Å². The molecule has 1 aliphatic rings. The van der Waals surface area contributed by atoms with Crippen molar-refractivity contribution in [2.75, 3.05) is 0 Å². The summed E-state index contributed by atoms with van der Waals surface area (Å²) < 4.78 is 1.21. The molecule has 0 saturated heterocycles. The van der Waals surface area contributed by atoms with Crippen molar-refractivity contribution in [3.63, 3.8) is 0 Å². The number of carbonyl (C=O) groups is 2. The number of rotatable bonds is 3. The molecule has 0 aromatic carbocycles. The van der Waals surface area contributed by atoms with E-state index in [1.54, 1.807) is 11.4 Å². The van der Waals surface area contributed by atoms with Crippen LogP contribution >= 0.6 is 11.3 Å². The first-order chi connectivity index (χ1) is 11.5. The second-order valence-electron chi connectivity index (χ2n) is 6.21. The monoisotopic (exact) mass is 348 g/mol. The number of nitrogens with zero attached hydrogens (tertiary/aromatic N) is 2. The van der Waals surface area contributed by atoms with Gasteiger partial charge in [0.25, 0.3) is 5.56 Å². The summed E-state index contributed by atoms with van der Waals surface area (Å²) in [6, 6.07) is 1.27. The lowest BCUT2D eigenvalue weighted by molar-refractivity contribution is -0.120. The Kier molecular flexibility index (Phi) is 4.94. The van der Waals surface area contributed by atoms with E-state index in [-0.39, 0.29) is 18.1 Å². The van der Waals surface area contributed by atoms with Crippen LogP contribution in [-0.4, -0.2) is 27.5 Å². The van der Waals surface area contributed by atoms with Crippen LogP contribution in [0.4, 0.5) is 4.79 Å². The number of aromatic nitrogens is 2. The van der Waals surface area contributed by atoms with Crippen LogP contribution in [0.5, 0.6) is 0 Å². The summed E-state index contributed by atoms with van der Waals surface area (Å²) in [6.45, 7) is 1.87. The third kappa shape index (κ3) is 3.64. The molecule has 3 amide bonds. The molecule has 2 N–H and O–H groups in total. The van der Waals surface area contributed by atoms with E-state index in [0.29, 0.717) is 16.1 Å². The molecule has 128 valence electrons. The van der Waals surface area contributed by atoms with Crippen LogP contribution in [0.15, 0.2) is 22.6 Å². The number of imide groups is 1. The molecular weight excluding hydrogens is 328 g/mol. The maximum atomic E-state index is 12.2. The third-order valence-electron chi connectivity index (χ3n) is 4.45. The van der Waals surface area contributed by atoms with Crippen molar-refractivity contribution in [1.29, 1.82) is 0 Å². The second kappa shape index (κ2) is 7.12. The molecule has 0 spiro atoms. The Hall–Kier alpha value is -2.22. The lowest BCUT2D eigenvalue weighted by Crippen LogP contribution is -2.48. The van der Waals surface area contributed by atoms with E-state index in [2.05, 4.69) is 22.5 Å². The fraction of sp³-hybridized carbons (Fsp3) is 0.500. The number of thiophene rings is 1. The number of amides is 3. The normalized spacial score (nSPS) is 20.7. The molecule has 24 heavy (non-hydrogen) atoms. The summed E-state index contributed by atoms with van der Waals surface area (Å²) in [5, 5.41) is 7.41. The lowest BCUT2D eigenvalue weighted by Gasteiger charge is -2.29. The number of urea groups is 1. The highest BCUT2D eigenvalue weighted by molar-refractivity contribution is 7.16. The zero-order valence-corrected chi connectivity index (χ0v) is 14.3. The highest BCUT2D eigenvalue weighted by Gasteiger charge is 2.23. The van der Waals surface area contributed by atoms with Crippen LogP contribution in [0.2, 0.25) is 0 Å². The van der Waals surface area contributed by atoms with E-state index in [0.717, 1.165) is 19.3 Å². The smallest absolute Gasteiger partial charge is 0.321 e. The summed E-state index contributed by atoms with van der Waals surface area (Å²) in [5.74, 6) is -0.123. The molecule has 1 fully saturated rings. The zero-order valence-electron chi connectivity index (χ0n) is 13.4. The lowest BCUT2D eigenvalue weighted by atomic mass is 9.86. The van der Waals surface area contributed by atoms with Crippen LogP contribution in [-0.2, 0) is 11.3 Å². The number of carbonyl (C=O) groups excluding carboxylic acids is 2. The average Bonchev–Trinajstić information content (AvgIpc) is 3.01. The summed E-state index contributed by atoms with van der Waals surface area (Å²) in [6.07, 6.45) is 5.62. The van der Waals surface area contributed by atoms with Crippen molar-refractivity contribution in [2.24, 2.45) is 5.92 Å². The molecule has 8 heteroatoms. The standard InChI is InChI=1S/C16H20N4O3S/c1-10-4-2-3-5-12(10)18-16(23)19-13(21)8-20-9-17-14-11(15(20)22)6-7-24-14/h6-7,9-10,12H,2-5,8H2,1H3,(H2,18,19,21,23). The molecule has 2 aromatic rings. The number of hydrogen-bond acceptors (Lipinski definition) is 5. The summed E-state index contributed by atoms with van der Waals surface area (Å²) in [5.41, 5.74) is -0.280. The predicted molar refractivity (Wildman–Crippen MR) is 92.0 cm³/mol. The average molecular weight is 348 g/mol. The molecule has 0 aliphatic heterocycles. The van der Waals surface area contributed by atoms with E-state index in [4.69, 9.17) is 0 Å². The van der Waals surface area contributed by atoms with Crippen molar-refractivity contribution in [2.45, 2.75) is 45.2 Å². The van der Waals surface area contributed by atoms with Gasteiger partial charge in [-0.05, 0) is 30.2 Å². The largest absolute Gasteiger partial charge is 0.335 e. The van der Waals surface area contributed by atoms with Gasteiger partial charge in [-0.15, -0.1) is 11.3 Å². The second-order valence-corrected chi connectivity index (χ2v) is 7.10. The van der Waals surface area contributed by atoms with Crippen LogP contribution in [0.25, 0.3) is 10.2 Å². The Balaban J connectivity index is 1.59. The molecule has 2 aromatic heterocycles. The van der Waals surface area contributed by atoms with Crippen molar-refractivity contribution >= 4 is 33.5 Å². The SMILES string of the molecule is CC1CCCCC1NC(=O)NC(=O)Cn1cnc2sccc2c1=O. The van der Waals surface area contributed by atoms with Crippen LogP contribution in [0.3, 0.4) is 0 Å². The predicted octanol–water partition coefficient (Wildman–Crippen LogP) is 1.86. The van der Waals surface area contributed by atoms with Gasteiger partial charge in [0.2, 0.25) is 5.91 Å². The first-order valence-corrected chi connectivity index (χ1v) is 8.95. The molecule has 2 atom stereocenters. The number of hydrogen-bond donors (Lipinski definition) is 2. The highest BCUT2D eigenvalue weighted by Crippen LogP contribution is 2.23. The molecule has 7 nitrogen and oxygen atoms in total. The van der Waals surface area contributed by atoms with Crippen LogP contribution < -0.4 is 16.2 Å². The number of nitrogens with one attached hydrogen (secondary N) is 2. The van der Waals surface area contributed by atoms with Crippen molar-refractivity contribution in [3.8, 4) is 0 Å². The Morgan fingerprint density at radius 3 is 2.96 bits per heavy atom. The van der Waals surface area contributed by atoms with Gasteiger partial charge in [0, 0.05) is 6.04 Å². The van der Waals surface area contributed by atoms with Gasteiger partial charge in [-0.2, -0.15) is 0 Å². The van der Waals surface area contributed by atoms with E-state index < -0.39 is 11.9 Å². The summed E-state index contributed by atoms with van der Waals surface area (Å²) in [4.78, 5) is 41.0. The molecule has 3 rings (SSSR count). The molecule has 1 aliphatic carbocycles. The van der Waals surface area contributed by atoms with Gasteiger partial charge in [0.05, 0.1) is 11.7 Å². The van der Waals surface area contributed by atoms with Gasteiger partial charge < -0.3 is 5.32 Å². The molecule has 0 radical (unpaired) electrons. The first kappa shape index (κ1) is 16.6. The van der Waals surface area contributed by atoms with E-state index in [1.165, 1.54) is 28.7 Å². The van der Waals surface area contributed by atoms with Gasteiger partial charge in [0.15, 0.2) is 0 Å². The molecule has 1 saturated carbocycles. The minimum absolute atomic E-state index is 0.0955. The third-order valence-corrected chi connectivity index (χ3v) is 5.27. The van der Waals surface area contributed by atoms with E-state index in [9.17, 15) is 14.4 Å². The first-order valence-electron chi connectivity index (χ1n) is 8.07. The highest BCUT2D eigenvalue weighted by atomic mass is 32.1. The van der Waals surface area contributed by atoms with Gasteiger partial charge in [-0.25, -0.2) is 9.78 Å². The minimum Gasteiger partial charge on any atom is -0.335 e. The maximum absolute atomic E-state index is 12.2. The number of fused-ring (bicyclic) bond motifs is 1. The Bertz CT molecular complexity index is 813. The molecule has 2 unspecified atom stereocenters. The molecular formula is C16H20N4O3S. The van der Waals surface area contributed by atoms with Crippen molar-refractivity contribution < 1.29 is 9.59 Å². The van der Waals surface area contributed by atoms with E-state index >= 15 is 0 Å². The Labute approximate surface area is 143 Å². The fourth-order valence-corrected chi connectivity index (χ4v) is 3.79. The van der Waals surface area contributed by atoms with Crippen LogP contribution in [0.1, 0.15) is 32.6 Å². The van der Waals surface area contributed by atoms with Gasteiger partial charge in [0.1, 0.15) is 11.4 Å². The van der Waals surface area contributed by atoms with Gasteiger partial charge in [-0.1, -0.05) is 19.8 Å². The molecule has 2 heterocycles. The summed E-state index contributed by atoms with van der Waals surface area (Å²) in [7, 11) is 0. The van der Waals surface area contributed by atoms with Crippen LogP contribution in [0, 0.1) is 5.92 Å². The van der Waals surface area contributed by atoms with Gasteiger partial charge in [-0.3, -0.25) is 19.5 Å². The van der Waals surface area contributed by atoms with E-state index in [1.807, 2.05) is 0 Å². The minimum atomic E-state index is -0.533. The zero-order chi connectivity index (χ0) is 17.1. The van der Waals surface area contributed by atoms with Gasteiger partial charge >= 0.3 is 6.03 Å². The summed E-state index contributed by atoms with van der Waals surface area (Å²) >= 11 is 1.37. The van der Waals surface area contributed by atoms with Crippen molar-refractivity contribution in [3.05, 3.63) is 28.1 Å². The Morgan fingerprint density at radius 2 is 2.17 bits per heavy atom. The Morgan fingerprint density at radius 1 is 1.38 bits per heavy atom. The quantitative estimate of drug-likeness (QED) is 0.885. The fourth-order valence-electron chi connectivity index (χ4n) is 3.06. The topological polar surface area (TPSA) is 93.1 Å².